The van der Waals surface area contributed by atoms with E-state index in [2.05, 4.69) is 16.4 Å². The van der Waals surface area contributed by atoms with Gasteiger partial charge < -0.3 is 5.32 Å². The predicted octanol–water partition coefficient (Wildman–Crippen LogP) is 4.58. The number of amides is 1. The van der Waals surface area contributed by atoms with E-state index in [4.69, 9.17) is 0 Å². The Balaban J connectivity index is 1.68. The number of hydrogen-bond acceptors (Lipinski definition) is 3. The number of thioether (sulfide) groups is 1. The molecule has 0 aliphatic heterocycles. The van der Waals surface area contributed by atoms with E-state index in [-0.39, 0.29) is 5.91 Å². The number of nitrogens with zero attached hydrogens (tertiary/aromatic N) is 1. The van der Waals surface area contributed by atoms with Crippen molar-refractivity contribution >= 4 is 34.3 Å². The highest BCUT2D eigenvalue weighted by molar-refractivity contribution is 8.00. The highest BCUT2D eigenvalue weighted by atomic mass is 32.2. The van der Waals surface area contributed by atoms with Crippen molar-refractivity contribution in [1.82, 2.24) is 4.98 Å². The molecule has 3 aromatic rings. The van der Waals surface area contributed by atoms with Crippen LogP contribution in [0.2, 0.25) is 0 Å². The van der Waals surface area contributed by atoms with Gasteiger partial charge in [-0.05, 0) is 49.2 Å². The summed E-state index contributed by atoms with van der Waals surface area (Å²) in [5.74, 6) is 0.357. The molecule has 3 nitrogen and oxygen atoms in total. The molecule has 0 fully saturated rings. The number of hydrogen-bond donors (Lipinski definition) is 1. The average molecular weight is 322 g/mol. The van der Waals surface area contributed by atoms with Gasteiger partial charge in [0.1, 0.15) is 0 Å². The highest BCUT2D eigenvalue weighted by Crippen LogP contribution is 2.26. The van der Waals surface area contributed by atoms with Crippen LogP contribution in [0.1, 0.15) is 11.1 Å². The van der Waals surface area contributed by atoms with Crippen LogP contribution in [0.15, 0.2) is 59.6 Å². The lowest BCUT2D eigenvalue weighted by Crippen LogP contribution is -2.14. The van der Waals surface area contributed by atoms with Crippen molar-refractivity contribution < 1.29 is 4.79 Å². The zero-order valence-corrected chi connectivity index (χ0v) is 14.0. The monoisotopic (exact) mass is 322 g/mol. The molecule has 1 aromatic heterocycles. The Morgan fingerprint density at radius 2 is 1.83 bits per heavy atom. The van der Waals surface area contributed by atoms with Crippen LogP contribution in [0.25, 0.3) is 10.9 Å². The highest BCUT2D eigenvalue weighted by Gasteiger charge is 2.07. The summed E-state index contributed by atoms with van der Waals surface area (Å²) in [6.45, 7) is 4.05. The van der Waals surface area contributed by atoms with Crippen LogP contribution in [0.3, 0.4) is 0 Å². The van der Waals surface area contributed by atoms with Crippen molar-refractivity contribution in [3.8, 4) is 0 Å². The van der Waals surface area contributed by atoms with Crippen molar-refractivity contribution in [3.63, 3.8) is 0 Å². The fourth-order valence-electron chi connectivity index (χ4n) is 2.58. The minimum absolute atomic E-state index is 0.00654. The molecule has 3 rings (SSSR count). The Hall–Kier alpha value is -2.33. The first-order chi connectivity index (χ1) is 11.1. The van der Waals surface area contributed by atoms with Gasteiger partial charge in [-0.3, -0.25) is 9.78 Å². The van der Waals surface area contributed by atoms with Crippen LogP contribution in [-0.4, -0.2) is 16.6 Å². The van der Waals surface area contributed by atoms with Crippen molar-refractivity contribution in [1.29, 1.82) is 0 Å². The van der Waals surface area contributed by atoms with Gasteiger partial charge in [-0.1, -0.05) is 24.3 Å². The van der Waals surface area contributed by atoms with E-state index in [1.54, 1.807) is 6.20 Å². The third-order valence-corrected chi connectivity index (χ3v) is 4.51. The van der Waals surface area contributed by atoms with Gasteiger partial charge in [0.05, 0.1) is 11.3 Å². The Labute approximate surface area is 140 Å². The largest absolute Gasteiger partial charge is 0.325 e. The zero-order valence-electron chi connectivity index (χ0n) is 13.2. The molecule has 1 N–H and O–H groups in total. The number of aromatic nitrogens is 1. The first kappa shape index (κ1) is 15.6. The van der Waals surface area contributed by atoms with Crippen molar-refractivity contribution in [3.05, 3.63) is 65.9 Å². The molecule has 0 saturated heterocycles. The van der Waals surface area contributed by atoms with Gasteiger partial charge in [-0.25, -0.2) is 0 Å². The fourth-order valence-corrected chi connectivity index (χ4v) is 3.42. The van der Waals surface area contributed by atoms with E-state index in [1.807, 2.05) is 56.3 Å². The quantitative estimate of drug-likeness (QED) is 0.715. The van der Waals surface area contributed by atoms with Gasteiger partial charge >= 0.3 is 0 Å². The maximum Gasteiger partial charge on any atom is 0.234 e. The lowest BCUT2D eigenvalue weighted by Gasteiger charge is -2.08. The SMILES string of the molecule is Cc1cc(C)cc(NC(=O)CSc2cccc3cccnc23)c1. The third kappa shape index (κ3) is 3.90. The summed E-state index contributed by atoms with van der Waals surface area (Å²) in [6, 6.07) is 16.0. The normalized spacial score (nSPS) is 10.7. The Morgan fingerprint density at radius 3 is 2.61 bits per heavy atom. The molecule has 0 unspecified atom stereocenters. The maximum atomic E-state index is 12.2. The molecule has 0 atom stereocenters. The standard InChI is InChI=1S/C19H18N2OS/c1-13-9-14(2)11-16(10-13)21-18(22)12-23-17-7-3-5-15-6-4-8-20-19(15)17/h3-11H,12H2,1-2H3,(H,21,22). The van der Waals surface area contributed by atoms with Gasteiger partial charge in [-0.2, -0.15) is 0 Å². The van der Waals surface area contributed by atoms with Crippen LogP contribution in [0.5, 0.6) is 0 Å². The molecule has 116 valence electrons. The van der Waals surface area contributed by atoms with E-state index in [1.165, 1.54) is 11.8 Å². The van der Waals surface area contributed by atoms with Crippen molar-refractivity contribution in [2.75, 3.05) is 11.1 Å². The summed E-state index contributed by atoms with van der Waals surface area (Å²) >= 11 is 1.51. The van der Waals surface area contributed by atoms with Crippen LogP contribution in [0, 0.1) is 13.8 Å². The first-order valence-electron chi connectivity index (χ1n) is 7.46. The maximum absolute atomic E-state index is 12.2. The van der Waals surface area contributed by atoms with E-state index >= 15 is 0 Å². The third-order valence-electron chi connectivity index (χ3n) is 3.46. The second kappa shape index (κ2) is 6.84. The predicted molar refractivity (Wildman–Crippen MR) is 97.0 cm³/mol. The van der Waals surface area contributed by atoms with E-state index in [9.17, 15) is 4.79 Å². The van der Waals surface area contributed by atoms with Crippen LogP contribution in [0.4, 0.5) is 5.69 Å². The number of nitrogens with one attached hydrogen (secondary N) is 1. The van der Waals surface area contributed by atoms with Crippen LogP contribution >= 0.6 is 11.8 Å². The van der Waals surface area contributed by atoms with Gasteiger partial charge in [-0.15, -0.1) is 11.8 Å². The number of carbonyl (C=O) groups is 1. The number of fused-ring (bicyclic) bond motifs is 1. The summed E-state index contributed by atoms with van der Waals surface area (Å²) in [5, 5.41) is 4.05. The number of pyridine rings is 1. The summed E-state index contributed by atoms with van der Waals surface area (Å²) in [4.78, 5) is 17.6. The molecule has 0 aliphatic rings. The number of rotatable bonds is 4. The van der Waals surface area contributed by atoms with Crippen molar-refractivity contribution in [2.45, 2.75) is 18.7 Å². The van der Waals surface area contributed by atoms with Crippen LogP contribution < -0.4 is 5.32 Å². The van der Waals surface area contributed by atoms with E-state index in [0.29, 0.717) is 5.75 Å². The lowest BCUT2D eigenvalue weighted by molar-refractivity contribution is -0.113. The molecule has 0 bridgehead atoms. The molecule has 1 heterocycles. The summed E-state index contributed by atoms with van der Waals surface area (Å²) < 4.78 is 0. The molecular weight excluding hydrogens is 304 g/mol. The molecule has 0 saturated carbocycles. The Morgan fingerprint density at radius 1 is 1.09 bits per heavy atom. The minimum Gasteiger partial charge on any atom is -0.325 e. The number of aryl methyl sites for hydroxylation is 2. The molecule has 0 aliphatic carbocycles. The molecular formula is C19H18N2OS. The average Bonchev–Trinajstić information content (AvgIpc) is 2.52. The van der Waals surface area contributed by atoms with Gasteiger partial charge in [0.15, 0.2) is 0 Å². The lowest BCUT2D eigenvalue weighted by atomic mass is 10.1. The Kier molecular flexibility index (Phi) is 4.63. The second-order valence-electron chi connectivity index (χ2n) is 5.54. The molecule has 0 spiro atoms. The molecule has 4 heteroatoms. The van der Waals surface area contributed by atoms with Gasteiger partial charge in [0.25, 0.3) is 0 Å². The molecule has 1 amide bonds. The van der Waals surface area contributed by atoms with Gasteiger partial charge in [0.2, 0.25) is 5.91 Å². The second-order valence-corrected chi connectivity index (χ2v) is 6.56. The minimum atomic E-state index is -0.00654. The number of para-hydroxylation sites is 1. The number of carbonyl (C=O) groups excluding carboxylic acids is 1. The topological polar surface area (TPSA) is 42.0 Å². The Bertz CT molecular complexity index is 835. The van der Waals surface area contributed by atoms with Gasteiger partial charge in [0, 0.05) is 22.2 Å². The van der Waals surface area contributed by atoms with E-state index in [0.717, 1.165) is 32.6 Å². The fraction of sp³-hybridized carbons (Fsp3) is 0.158. The molecule has 23 heavy (non-hydrogen) atoms. The van der Waals surface area contributed by atoms with Crippen molar-refractivity contribution in [2.24, 2.45) is 0 Å². The summed E-state index contributed by atoms with van der Waals surface area (Å²) in [5.41, 5.74) is 4.08. The molecule has 0 radical (unpaired) electrons. The summed E-state index contributed by atoms with van der Waals surface area (Å²) in [7, 11) is 0. The van der Waals surface area contributed by atoms with Crippen LogP contribution in [-0.2, 0) is 4.79 Å². The first-order valence-corrected chi connectivity index (χ1v) is 8.45. The number of benzene rings is 2. The molecule has 2 aromatic carbocycles. The smallest absolute Gasteiger partial charge is 0.234 e. The number of anilines is 1. The van der Waals surface area contributed by atoms with E-state index < -0.39 is 0 Å². The zero-order chi connectivity index (χ0) is 16.2. The summed E-state index contributed by atoms with van der Waals surface area (Å²) in [6.07, 6.45) is 1.78.